The van der Waals surface area contributed by atoms with Gasteiger partial charge in [-0.15, -0.1) is 0 Å². The minimum atomic E-state index is -4.74. The minimum absolute atomic E-state index is 0.0978. The number of benzene rings is 2. The Kier molecular flexibility index (Phi) is 9.55. The van der Waals surface area contributed by atoms with Crippen LogP contribution in [0.2, 0.25) is 5.02 Å². The summed E-state index contributed by atoms with van der Waals surface area (Å²) < 4.78 is 82.2. The zero-order valence-electron chi connectivity index (χ0n) is 25.3. The molecule has 1 fully saturated rings. The molecule has 1 aliphatic heterocycles. The van der Waals surface area contributed by atoms with Crippen molar-refractivity contribution in [3.05, 3.63) is 92.5 Å². The van der Waals surface area contributed by atoms with Crippen molar-refractivity contribution in [1.29, 1.82) is 0 Å². The Hall–Kier alpha value is -4.56. The van der Waals surface area contributed by atoms with Gasteiger partial charge in [0, 0.05) is 48.5 Å². The topological polar surface area (TPSA) is 103 Å². The summed E-state index contributed by atoms with van der Waals surface area (Å²) in [5.41, 5.74) is 0.356. The van der Waals surface area contributed by atoms with Crippen molar-refractivity contribution in [2.75, 3.05) is 31.8 Å². The number of carbonyl (C=O) groups excluding carboxylic acids is 2. The molecule has 3 heterocycles. The largest absolute Gasteiger partial charge is 0.467 e. The van der Waals surface area contributed by atoms with E-state index in [-0.39, 0.29) is 30.7 Å². The average Bonchev–Trinajstić information content (AvgIpc) is 3.04. The lowest BCUT2D eigenvalue weighted by atomic mass is 9.95. The highest BCUT2D eigenvalue weighted by molar-refractivity contribution is 6.31. The number of ether oxygens (including phenoxy) is 2. The average molecular weight is 679 g/mol. The van der Waals surface area contributed by atoms with Crippen LogP contribution in [0.1, 0.15) is 21.6 Å². The molecule has 2 aromatic carbocycles. The Morgan fingerprint density at radius 3 is 2.51 bits per heavy atom. The third kappa shape index (κ3) is 6.65. The Morgan fingerprint density at radius 1 is 1.15 bits per heavy atom. The molecule has 1 amide bonds. The standard InChI is InChI=1S/C32H28ClF5N4O5/c1-16-22(33)14-21(30(44)41(16)2)20-7-6-17(19-5-4-8-39-28(19)20)11-25(31(45)46-3)40-29(43)27-23(34)12-18(13-24(27)35)42-9-10-47-15-26(42)32(36,37)38/h4-8,12-14,25-26H,9-11,15H2,1-3H3,(H,40,43)/t25-,26+/m0/s1. The van der Waals surface area contributed by atoms with Crippen LogP contribution >= 0.6 is 11.6 Å². The lowest BCUT2D eigenvalue weighted by Crippen LogP contribution is -2.53. The van der Waals surface area contributed by atoms with Gasteiger partial charge in [-0.1, -0.05) is 29.8 Å². The predicted octanol–water partition coefficient (Wildman–Crippen LogP) is 5.12. The SMILES string of the molecule is COC(=O)[C@H](Cc1ccc(-c2cc(Cl)c(C)n(C)c2=O)c2ncccc12)NC(=O)c1c(F)cc(N2CCOC[C@@H]2C(F)(F)F)cc1F. The summed E-state index contributed by atoms with van der Waals surface area (Å²) in [5.74, 6) is -5.11. The first-order valence-electron chi connectivity index (χ1n) is 14.2. The van der Waals surface area contributed by atoms with Crippen molar-refractivity contribution in [3.8, 4) is 11.1 Å². The van der Waals surface area contributed by atoms with Gasteiger partial charge in [0.25, 0.3) is 11.5 Å². The van der Waals surface area contributed by atoms with Crippen LogP contribution in [-0.2, 0) is 27.7 Å². The van der Waals surface area contributed by atoms with Gasteiger partial charge < -0.3 is 24.3 Å². The summed E-state index contributed by atoms with van der Waals surface area (Å²) in [6.45, 7) is 0.593. The molecule has 47 heavy (non-hydrogen) atoms. The first-order valence-corrected chi connectivity index (χ1v) is 14.6. The molecule has 9 nitrogen and oxygen atoms in total. The number of pyridine rings is 2. The number of nitrogens with zero attached hydrogens (tertiary/aromatic N) is 3. The molecule has 0 bridgehead atoms. The molecule has 2 aromatic heterocycles. The van der Waals surface area contributed by atoms with E-state index in [0.29, 0.717) is 44.9 Å². The van der Waals surface area contributed by atoms with E-state index in [0.717, 1.165) is 12.0 Å². The molecule has 1 N–H and O–H groups in total. The fourth-order valence-corrected chi connectivity index (χ4v) is 5.75. The van der Waals surface area contributed by atoms with Gasteiger partial charge in [0.1, 0.15) is 29.3 Å². The molecule has 0 radical (unpaired) electrons. The van der Waals surface area contributed by atoms with Gasteiger partial charge >= 0.3 is 12.1 Å². The van der Waals surface area contributed by atoms with E-state index in [9.17, 15) is 27.6 Å². The van der Waals surface area contributed by atoms with Crippen LogP contribution in [0.15, 0.2) is 53.5 Å². The molecule has 0 saturated carbocycles. The summed E-state index contributed by atoms with van der Waals surface area (Å²) in [5, 5.41) is 3.16. The molecule has 1 aliphatic rings. The van der Waals surface area contributed by atoms with Gasteiger partial charge in [0.05, 0.1) is 36.4 Å². The van der Waals surface area contributed by atoms with Crippen LogP contribution in [-0.4, -0.2) is 66.6 Å². The van der Waals surface area contributed by atoms with Crippen molar-refractivity contribution < 1.29 is 41.0 Å². The number of methoxy groups -OCH3 is 1. The van der Waals surface area contributed by atoms with Crippen LogP contribution in [0, 0.1) is 18.6 Å². The maximum Gasteiger partial charge on any atom is 0.411 e. The number of fused-ring (bicyclic) bond motifs is 1. The third-order valence-electron chi connectivity index (χ3n) is 8.11. The van der Waals surface area contributed by atoms with Gasteiger partial charge in [-0.05, 0) is 36.8 Å². The Balaban J connectivity index is 1.46. The summed E-state index contributed by atoms with van der Waals surface area (Å²) in [6, 6.07) is 5.77. The smallest absolute Gasteiger partial charge is 0.411 e. The molecule has 5 rings (SSSR count). The molecule has 248 valence electrons. The summed E-state index contributed by atoms with van der Waals surface area (Å²) in [4.78, 5) is 44.3. The van der Waals surface area contributed by atoms with Gasteiger partial charge in [-0.2, -0.15) is 13.2 Å². The maximum atomic E-state index is 15.2. The van der Waals surface area contributed by atoms with Crippen molar-refractivity contribution in [2.24, 2.45) is 7.05 Å². The zero-order chi connectivity index (χ0) is 34.2. The second kappa shape index (κ2) is 13.3. The highest BCUT2D eigenvalue weighted by Crippen LogP contribution is 2.33. The normalized spacial score (nSPS) is 15.9. The van der Waals surface area contributed by atoms with Crippen LogP contribution < -0.4 is 15.8 Å². The van der Waals surface area contributed by atoms with Crippen LogP contribution in [0.25, 0.3) is 22.0 Å². The van der Waals surface area contributed by atoms with Gasteiger partial charge in [0.15, 0.2) is 0 Å². The zero-order valence-corrected chi connectivity index (χ0v) is 26.0. The summed E-state index contributed by atoms with van der Waals surface area (Å²) in [6.07, 6.45) is -3.44. The van der Waals surface area contributed by atoms with Crippen molar-refractivity contribution in [1.82, 2.24) is 14.9 Å². The third-order valence-corrected chi connectivity index (χ3v) is 8.49. The first-order chi connectivity index (χ1) is 22.2. The van der Waals surface area contributed by atoms with E-state index >= 15 is 8.78 Å². The number of hydrogen-bond donors (Lipinski definition) is 1. The molecular weight excluding hydrogens is 651 g/mol. The van der Waals surface area contributed by atoms with Crippen LogP contribution in [0.3, 0.4) is 0 Å². The number of halogens is 6. The number of amides is 1. The maximum absolute atomic E-state index is 15.2. The molecule has 0 spiro atoms. The Morgan fingerprint density at radius 2 is 1.85 bits per heavy atom. The van der Waals surface area contributed by atoms with Crippen LogP contribution in [0.5, 0.6) is 0 Å². The van der Waals surface area contributed by atoms with E-state index in [1.165, 1.54) is 16.8 Å². The predicted molar refractivity (Wildman–Crippen MR) is 164 cm³/mol. The second-order valence-electron chi connectivity index (χ2n) is 10.9. The van der Waals surface area contributed by atoms with E-state index in [2.05, 4.69) is 10.3 Å². The monoisotopic (exact) mass is 678 g/mol. The van der Waals surface area contributed by atoms with Crippen LogP contribution in [0.4, 0.5) is 27.6 Å². The van der Waals surface area contributed by atoms with Crippen molar-refractivity contribution >= 4 is 40.1 Å². The van der Waals surface area contributed by atoms with E-state index in [1.807, 2.05) is 0 Å². The number of rotatable bonds is 7. The number of nitrogens with one attached hydrogen (secondary N) is 1. The quantitative estimate of drug-likeness (QED) is 0.214. The number of alkyl halides is 3. The second-order valence-corrected chi connectivity index (χ2v) is 11.3. The number of aromatic nitrogens is 2. The summed E-state index contributed by atoms with van der Waals surface area (Å²) >= 11 is 6.36. The van der Waals surface area contributed by atoms with Gasteiger partial charge in [-0.3, -0.25) is 14.6 Å². The molecule has 0 aliphatic carbocycles. The molecule has 4 aromatic rings. The van der Waals surface area contributed by atoms with Crippen molar-refractivity contribution in [3.63, 3.8) is 0 Å². The molecule has 1 saturated heterocycles. The van der Waals surface area contributed by atoms with Gasteiger partial charge in [0.2, 0.25) is 0 Å². The van der Waals surface area contributed by atoms with Crippen molar-refractivity contribution in [2.45, 2.75) is 31.6 Å². The summed E-state index contributed by atoms with van der Waals surface area (Å²) in [7, 11) is 2.65. The minimum Gasteiger partial charge on any atom is -0.467 e. The fraction of sp³-hybridized carbons (Fsp3) is 0.312. The lowest BCUT2D eigenvalue weighted by molar-refractivity contribution is -0.167. The molecule has 2 atom stereocenters. The lowest BCUT2D eigenvalue weighted by Gasteiger charge is -2.38. The molecular formula is C32H28ClF5N4O5. The Bertz CT molecular complexity index is 1910. The Labute approximate surface area is 269 Å². The molecule has 0 unspecified atom stereocenters. The number of morpholine rings is 1. The number of anilines is 1. The van der Waals surface area contributed by atoms with E-state index < -0.39 is 59.6 Å². The molecule has 15 heteroatoms. The fourth-order valence-electron chi connectivity index (χ4n) is 5.52. The van der Waals surface area contributed by atoms with Gasteiger partial charge in [-0.25, -0.2) is 13.6 Å². The first kappa shape index (κ1) is 33.8. The number of carbonyl (C=O) groups is 2. The number of hydrogen-bond acceptors (Lipinski definition) is 7. The van der Waals surface area contributed by atoms with E-state index in [4.69, 9.17) is 21.1 Å². The highest BCUT2D eigenvalue weighted by atomic mass is 35.5. The number of esters is 1. The highest BCUT2D eigenvalue weighted by Gasteiger charge is 2.46. The van der Waals surface area contributed by atoms with E-state index in [1.54, 1.807) is 38.2 Å².